The van der Waals surface area contributed by atoms with Crippen molar-refractivity contribution in [3.05, 3.63) is 42.2 Å². The fourth-order valence-electron chi connectivity index (χ4n) is 1.92. The molecule has 0 fully saturated rings. The molecule has 4 nitrogen and oxygen atoms in total. The van der Waals surface area contributed by atoms with E-state index in [2.05, 4.69) is 17.2 Å². The number of nitrogens with zero attached hydrogens (tertiary/aromatic N) is 1. The van der Waals surface area contributed by atoms with Gasteiger partial charge in [-0.25, -0.2) is 9.37 Å². The second-order valence-corrected chi connectivity index (χ2v) is 4.80. The normalized spacial score (nSPS) is 10.6. The smallest absolute Gasteiger partial charge is 0.220 e. The maximum atomic E-state index is 13.6. The molecule has 0 bridgehead atoms. The van der Waals surface area contributed by atoms with E-state index in [-0.39, 0.29) is 11.7 Å². The molecule has 21 heavy (non-hydrogen) atoms. The van der Waals surface area contributed by atoms with Crippen molar-refractivity contribution in [2.45, 2.75) is 32.6 Å². The first-order valence-electron chi connectivity index (χ1n) is 7.17. The molecule has 0 aliphatic rings. The predicted octanol–water partition coefficient (Wildman–Crippen LogP) is 3.33. The minimum atomic E-state index is -0.350. The first kappa shape index (κ1) is 15.2. The number of benzene rings is 1. The van der Waals surface area contributed by atoms with Crippen LogP contribution in [-0.4, -0.2) is 17.4 Å². The Morgan fingerprint density at radius 1 is 1.38 bits per heavy atom. The minimum absolute atomic E-state index is 0.0194. The third-order valence-electron chi connectivity index (χ3n) is 3.11. The molecule has 112 valence electrons. The molecule has 1 N–H and O–H groups in total. The Bertz CT molecular complexity index is 595. The Morgan fingerprint density at radius 3 is 2.95 bits per heavy atom. The largest absolute Gasteiger partial charge is 0.441 e. The highest BCUT2D eigenvalue weighted by atomic mass is 19.1. The molecule has 0 aliphatic heterocycles. The van der Waals surface area contributed by atoms with Crippen molar-refractivity contribution in [3.8, 4) is 11.3 Å². The fourth-order valence-corrected chi connectivity index (χ4v) is 1.92. The molecule has 0 aliphatic carbocycles. The van der Waals surface area contributed by atoms with Gasteiger partial charge in [0.15, 0.2) is 11.7 Å². The van der Waals surface area contributed by atoms with Crippen LogP contribution in [0, 0.1) is 5.82 Å². The number of aryl methyl sites for hydroxylation is 1. The zero-order chi connectivity index (χ0) is 15.1. The molecule has 2 rings (SSSR count). The summed E-state index contributed by atoms with van der Waals surface area (Å²) < 4.78 is 19.1. The molecule has 0 saturated heterocycles. The summed E-state index contributed by atoms with van der Waals surface area (Å²) in [7, 11) is 0. The van der Waals surface area contributed by atoms with Gasteiger partial charge in [-0.1, -0.05) is 25.5 Å². The number of carbonyl (C=O) groups excluding carboxylic acids is 1. The zero-order valence-electron chi connectivity index (χ0n) is 12.1. The van der Waals surface area contributed by atoms with Crippen LogP contribution in [-0.2, 0) is 11.2 Å². The number of rotatable bonds is 7. The number of oxazole rings is 1. The summed E-state index contributed by atoms with van der Waals surface area (Å²) in [5.74, 6) is 0.458. The van der Waals surface area contributed by atoms with Crippen molar-refractivity contribution in [1.82, 2.24) is 10.3 Å². The van der Waals surface area contributed by atoms with E-state index in [1.165, 1.54) is 12.3 Å². The second-order valence-electron chi connectivity index (χ2n) is 4.80. The number of unbranched alkanes of at least 4 members (excludes halogenated alkanes) is 1. The lowest BCUT2D eigenvalue weighted by Gasteiger charge is -2.02. The van der Waals surface area contributed by atoms with Gasteiger partial charge < -0.3 is 9.73 Å². The van der Waals surface area contributed by atoms with Gasteiger partial charge in [0.05, 0.1) is 11.8 Å². The first-order valence-corrected chi connectivity index (χ1v) is 7.17. The quantitative estimate of drug-likeness (QED) is 0.796. The van der Waals surface area contributed by atoms with E-state index in [1.54, 1.807) is 18.2 Å². The second kappa shape index (κ2) is 7.57. The summed E-state index contributed by atoms with van der Waals surface area (Å²) in [6.45, 7) is 2.77. The first-order chi connectivity index (χ1) is 10.2. The van der Waals surface area contributed by atoms with Crippen molar-refractivity contribution in [1.29, 1.82) is 0 Å². The van der Waals surface area contributed by atoms with Gasteiger partial charge in [-0.05, 0) is 18.6 Å². The van der Waals surface area contributed by atoms with E-state index in [1.807, 2.05) is 0 Å². The van der Waals surface area contributed by atoms with Gasteiger partial charge in [0.25, 0.3) is 0 Å². The van der Waals surface area contributed by atoms with E-state index in [0.29, 0.717) is 36.6 Å². The van der Waals surface area contributed by atoms with Crippen LogP contribution in [0.3, 0.4) is 0 Å². The lowest BCUT2D eigenvalue weighted by atomic mass is 10.2. The molecule has 0 spiro atoms. The molecular formula is C16H19FN2O2. The van der Waals surface area contributed by atoms with Crippen molar-refractivity contribution >= 4 is 5.91 Å². The van der Waals surface area contributed by atoms with Crippen molar-refractivity contribution in [2.24, 2.45) is 0 Å². The number of halogens is 1. The van der Waals surface area contributed by atoms with E-state index in [9.17, 15) is 9.18 Å². The number of hydrogen-bond donors (Lipinski definition) is 1. The van der Waals surface area contributed by atoms with Crippen LogP contribution in [0.2, 0.25) is 0 Å². The third kappa shape index (κ3) is 4.41. The van der Waals surface area contributed by atoms with Crippen LogP contribution in [0.5, 0.6) is 0 Å². The Kier molecular flexibility index (Phi) is 5.49. The lowest BCUT2D eigenvalue weighted by Crippen LogP contribution is -2.24. The summed E-state index contributed by atoms with van der Waals surface area (Å²) in [5, 5.41) is 2.83. The van der Waals surface area contributed by atoms with E-state index in [4.69, 9.17) is 4.42 Å². The monoisotopic (exact) mass is 290 g/mol. The van der Waals surface area contributed by atoms with Crippen molar-refractivity contribution < 1.29 is 13.6 Å². The van der Waals surface area contributed by atoms with E-state index < -0.39 is 0 Å². The van der Waals surface area contributed by atoms with Crippen molar-refractivity contribution in [3.63, 3.8) is 0 Å². The average molecular weight is 290 g/mol. The highest BCUT2D eigenvalue weighted by Gasteiger charge is 2.11. The number of aromatic nitrogens is 1. The molecule has 5 heteroatoms. The molecule has 1 aromatic carbocycles. The molecule has 0 radical (unpaired) electrons. The van der Waals surface area contributed by atoms with Crippen molar-refractivity contribution in [2.75, 3.05) is 6.54 Å². The summed E-state index contributed by atoms with van der Waals surface area (Å²) in [5.41, 5.74) is 0.378. The maximum absolute atomic E-state index is 13.6. The van der Waals surface area contributed by atoms with E-state index in [0.717, 1.165) is 12.8 Å². The Morgan fingerprint density at radius 2 is 2.19 bits per heavy atom. The summed E-state index contributed by atoms with van der Waals surface area (Å²) >= 11 is 0. The average Bonchev–Trinajstić information content (AvgIpc) is 2.94. The van der Waals surface area contributed by atoms with Crippen LogP contribution in [0.4, 0.5) is 4.39 Å². The lowest BCUT2D eigenvalue weighted by molar-refractivity contribution is -0.121. The molecule has 2 aromatic rings. The number of nitrogens with one attached hydrogen (secondary N) is 1. The zero-order valence-corrected chi connectivity index (χ0v) is 12.1. The summed E-state index contributed by atoms with van der Waals surface area (Å²) in [4.78, 5) is 15.7. The molecular weight excluding hydrogens is 271 g/mol. The van der Waals surface area contributed by atoms with Gasteiger partial charge in [-0.2, -0.15) is 0 Å². The molecule has 1 aromatic heterocycles. The molecule has 1 heterocycles. The number of carbonyl (C=O) groups is 1. The maximum Gasteiger partial charge on any atom is 0.220 e. The van der Waals surface area contributed by atoms with Gasteiger partial charge in [0.1, 0.15) is 5.82 Å². The van der Waals surface area contributed by atoms with Gasteiger partial charge in [0, 0.05) is 19.4 Å². The van der Waals surface area contributed by atoms with Gasteiger partial charge in [-0.15, -0.1) is 0 Å². The molecule has 0 unspecified atom stereocenters. The Labute approximate surface area is 123 Å². The molecule has 0 atom stereocenters. The van der Waals surface area contributed by atoms with E-state index >= 15 is 0 Å². The Hall–Kier alpha value is -2.17. The van der Waals surface area contributed by atoms with Crippen LogP contribution >= 0.6 is 0 Å². The van der Waals surface area contributed by atoms with Crippen LogP contribution < -0.4 is 5.32 Å². The fraction of sp³-hybridized carbons (Fsp3) is 0.375. The van der Waals surface area contributed by atoms with Gasteiger partial charge in [-0.3, -0.25) is 4.79 Å². The van der Waals surface area contributed by atoms with Gasteiger partial charge in [0.2, 0.25) is 5.91 Å². The molecule has 1 amide bonds. The minimum Gasteiger partial charge on any atom is -0.441 e. The van der Waals surface area contributed by atoms with Crippen LogP contribution in [0.1, 0.15) is 32.1 Å². The summed E-state index contributed by atoms with van der Waals surface area (Å²) in [6.07, 6.45) is 4.24. The van der Waals surface area contributed by atoms with Crippen LogP contribution in [0.15, 0.2) is 34.9 Å². The SMILES string of the molecule is CCCCNC(=O)CCc1ncc(-c2ccccc2F)o1. The predicted molar refractivity (Wildman–Crippen MR) is 78.1 cm³/mol. The highest BCUT2D eigenvalue weighted by molar-refractivity contribution is 5.75. The standard InChI is InChI=1S/C16H19FN2O2/c1-2-3-10-18-15(20)8-9-16-19-11-14(21-16)12-6-4-5-7-13(12)17/h4-7,11H,2-3,8-10H2,1H3,(H,18,20). The third-order valence-corrected chi connectivity index (χ3v) is 3.11. The highest BCUT2D eigenvalue weighted by Crippen LogP contribution is 2.23. The number of amides is 1. The summed E-state index contributed by atoms with van der Waals surface area (Å²) in [6, 6.07) is 6.37. The van der Waals surface area contributed by atoms with Crippen LogP contribution in [0.25, 0.3) is 11.3 Å². The molecule has 0 saturated carbocycles. The topological polar surface area (TPSA) is 55.1 Å². The van der Waals surface area contributed by atoms with Gasteiger partial charge >= 0.3 is 0 Å². The Balaban J connectivity index is 1.89. The number of hydrogen-bond acceptors (Lipinski definition) is 3.